The Morgan fingerprint density at radius 3 is 2.76 bits per heavy atom. The lowest BCUT2D eigenvalue weighted by Crippen LogP contribution is -2.50. The molecule has 0 spiro atoms. The predicted octanol–water partition coefficient (Wildman–Crippen LogP) is 0.693. The molecule has 1 aliphatic rings. The largest absolute Gasteiger partial charge is 0.394 e. The lowest BCUT2D eigenvalue weighted by Gasteiger charge is -2.35. The van der Waals surface area contributed by atoms with Crippen LogP contribution in [0.2, 0.25) is 0 Å². The number of aryl methyl sites for hydroxylation is 1. The first-order chi connectivity index (χ1) is 10.1. The second-order valence-corrected chi connectivity index (χ2v) is 5.71. The zero-order valence-electron chi connectivity index (χ0n) is 12.7. The first-order valence-corrected chi connectivity index (χ1v) is 7.37. The third kappa shape index (κ3) is 5.12. The highest BCUT2D eigenvalue weighted by Gasteiger charge is 2.25. The van der Waals surface area contributed by atoms with Gasteiger partial charge in [0.2, 0.25) is 5.91 Å². The van der Waals surface area contributed by atoms with E-state index in [0.29, 0.717) is 26.2 Å². The number of aliphatic hydroxyl groups excluding tert-OH is 1. The van der Waals surface area contributed by atoms with Gasteiger partial charge in [-0.1, -0.05) is 29.8 Å². The number of aliphatic hydroxyl groups is 1. The van der Waals surface area contributed by atoms with Crippen LogP contribution in [-0.4, -0.2) is 54.4 Å². The first-order valence-electron chi connectivity index (χ1n) is 7.37. The molecular weight excluding hydrogens is 268 g/mol. The van der Waals surface area contributed by atoms with E-state index >= 15 is 0 Å². The van der Waals surface area contributed by atoms with E-state index in [2.05, 4.69) is 5.32 Å². The molecule has 2 N–H and O–H groups in total. The molecule has 0 aliphatic carbocycles. The zero-order valence-corrected chi connectivity index (χ0v) is 12.7. The Balaban J connectivity index is 1.77. The number of nitrogens with one attached hydrogen (secondary N) is 1. The van der Waals surface area contributed by atoms with Gasteiger partial charge in [0.15, 0.2) is 0 Å². The van der Waals surface area contributed by atoms with Crippen molar-refractivity contribution in [3.8, 4) is 0 Å². The molecule has 0 bridgehead atoms. The first kappa shape index (κ1) is 15.9. The molecule has 5 nitrogen and oxygen atoms in total. The van der Waals surface area contributed by atoms with E-state index < -0.39 is 0 Å². The monoisotopic (exact) mass is 292 g/mol. The van der Waals surface area contributed by atoms with Crippen molar-refractivity contribution in [3.63, 3.8) is 0 Å². The van der Waals surface area contributed by atoms with Crippen LogP contribution in [0.4, 0.5) is 0 Å². The van der Waals surface area contributed by atoms with Crippen LogP contribution in [0.15, 0.2) is 24.3 Å². The van der Waals surface area contributed by atoms with E-state index in [4.69, 9.17) is 4.74 Å². The van der Waals surface area contributed by atoms with Crippen molar-refractivity contribution in [1.29, 1.82) is 0 Å². The third-order valence-electron chi connectivity index (χ3n) is 3.58. The molecule has 1 amide bonds. The van der Waals surface area contributed by atoms with Gasteiger partial charge in [0.25, 0.3) is 0 Å². The Kier molecular flexibility index (Phi) is 5.73. The molecule has 1 fully saturated rings. The Bertz CT molecular complexity index is 461. The summed E-state index contributed by atoms with van der Waals surface area (Å²) >= 11 is 0. The number of amides is 1. The summed E-state index contributed by atoms with van der Waals surface area (Å²) in [5, 5.41) is 12.1. The molecule has 0 saturated carbocycles. The minimum atomic E-state index is -0.196. The smallest absolute Gasteiger partial charge is 0.234 e. The number of hydrogen-bond acceptors (Lipinski definition) is 4. The van der Waals surface area contributed by atoms with Crippen LogP contribution in [0, 0.1) is 6.92 Å². The van der Waals surface area contributed by atoms with Crippen LogP contribution in [0.1, 0.15) is 18.1 Å². The molecule has 2 rings (SSSR count). The fraction of sp³-hybridized carbons (Fsp3) is 0.562. The summed E-state index contributed by atoms with van der Waals surface area (Å²) in [5.41, 5.74) is 2.31. The molecule has 21 heavy (non-hydrogen) atoms. The molecule has 116 valence electrons. The van der Waals surface area contributed by atoms with Gasteiger partial charge in [-0.2, -0.15) is 0 Å². The van der Waals surface area contributed by atoms with Crippen LogP contribution in [0.3, 0.4) is 0 Å². The van der Waals surface area contributed by atoms with Crippen molar-refractivity contribution in [3.05, 3.63) is 35.4 Å². The van der Waals surface area contributed by atoms with Gasteiger partial charge < -0.3 is 15.2 Å². The summed E-state index contributed by atoms with van der Waals surface area (Å²) in [7, 11) is 0. The van der Waals surface area contributed by atoms with E-state index in [9.17, 15) is 9.90 Å². The molecule has 1 aromatic rings. The summed E-state index contributed by atoms with van der Waals surface area (Å²) in [4.78, 5) is 14.0. The number of carbonyl (C=O) groups is 1. The van der Waals surface area contributed by atoms with Gasteiger partial charge in [-0.15, -0.1) is 0 Å². The average molecular weight is 292 g/mol. The number of carbonyl (C=O) groups excluding carboxylic acids is 1. The molecule has 1 aliphatic heterocycles. The molecule has 1 saturated heterocycles. The number of ether oxygens (including phenoxy) is 1. The van der Waals surface area contributed by atoms with Gasteiger partial charge >= 0.3 is 0 Å². The van der Waals surface area contributed by atoms with Gasteiger partial charge in [0.1, 0.15) is 0 Å². The number of rotatable bonds is 5. The Morgan fingerprint density at radius 1 is 1.38 bits per heavy atom. The maximum Gasteiger partial charge on any atom is 0.234 e. The molecule has 1 heterocycles. The number of nitrogens with zero attached hydrogens (tertiary/aromatic N) is 1. The van der Waals surface area contributed by atoms with Crippen LogP contribution in [0.5, 0.6) is 0 Å². The van der Waals surface area contributed by atoms with Crippen molar-refractivity contribution in [2.75, 3.05) is 26.2 Å². The maximum atomic E-state index is 12.0. The Morgan fingerprint density at radius 2 is 2.10 bits per heavy atom. The summed E-state index contributed by atoms with van der Waals surface area (Å²) in [5.74, 6) is 0.00126. The fourth-order valence-electron chi connectivity index (χ4n) is 2.54. The molecule has 0 aromatic heterocycles. The summed E-state index contributed by atoms with van der Waals surface area (Å²) in [6.07, 6.45) is -0.153. The van der Waals surface area contributed by atoms with Crippen molar-refractivity contribution in [1.82, 2.24) is 10.2 Å². The van der Waals surface area contributed by atoms with Crippen LogP contribution in [0.25, 0.3) is 0 Å². The number of benzene rings is 1. The third-order valence-corrected chi connectivity index (χ3v) is 3.58. The zero-order chi connectivity index (χ0) is 15.2. The van der Waals surface area contributed by atoms with Crippen molar-refractivity contribution in [2.24, 2.45) is 0 Å². The van der Waals surface area contributed by atoms with Gasteiger partial charge in [-0.3, -0.25) is 9.69 Å². The summed E-state index contributed by atoms with van der Waals surface area (Å²) in [6.45, 7) is 6.19. The fourth-order valence-corrected chi connectivity index (χ4v) is 2.54. The predicted molar refractivity (Wildman–Crippen MR) is 80.9 cm³/mol. The summed E-state index contributed by atoms with van der Waals surface area (Å²) < 4.78 is 5.56. The van der Waals surface area contributed by atoms with Crippen LogP contribution in [-0.2, 0) is 16.1 Å². The van der Waals surface area contributed by atoms with Gasteiger partial charge in [0, 0.05) is 19.6 Å². The van der Waals surface area contributed by atoms with E-state index in [0.717, 1.165) is 5.56 Å². The molecule has 1 aromatic carbocycles. The van der Waals surface area contributed by atoms with Crippen LogP contribution < -0.4 is 5.32 Å². The minimum absolute atomic E-state index is 0.00126. The number of hydrogen-bond donors (Lipinski definition) is 2. The highest BCUT2D eigenvalue weighted by molar-refractivity contribution is 5.78. The molecule has 2 unspecified atom stereocenters. The minimum Gasteiger partial charge on any atom is -0.394 e. The van der Waals surface area contributed by atoms with E-state index in [-0.39, 0.29) is 24.7 Å². The summed E-state index contributed by atoms with van der Waals surface area (Å²) in [6, 6.07) is 8.12. The standard InChI is InChI=1S/C16H24N2O3/c1-12-3-5-14(6-4-12)7-17-16(20)10-18-8-13(2)21-15(9-18)11-19/h3-6,13,15,19H,7-11H2,1-2H3,(H,17,20). The Hall–Kier alpha value is -1.43. The van der Waals surface area contributed by atoms with Crippen molar-refractivity contribution >= 4 is 5.91 Å². The van der Waals surface area contributed by atoms with Crippen molar-refractivity contribution < 1.29 is 14.6 Å². The highest BCUT2D eigenvalue weighted by Crippen LogP contribution is 2.10. The van der Waals surface area contributed by atoms with E-state index in [1.54, 1.807) is 0 Å². The molecular formula is C16H24N2O3. The average Bonchev–Trinajstić information content (AvgIpc) is 2.46. The quantitative estimate of drug-likeness (QED) is 0.838. The topological polar surface area (TPSA) is 61.8 Å². The van der Waals surface area contributed by atoms with Gasteiger partial charge in [-0.25, -0.2) is 0 Å². The molecule has 0 radical (unpaired) electrons. The highest BCUT2D eigenvalue weighted by atomic mass is 16.5. The number of morpholine rings is 1. The lowest BCUT2D eigenvalue weighted by atomic mass is 10.1. The lowest BCUT2D eigenvalue weighted by molar-refractivity contribution is -0.128. The van der Waals surface area contributed by atoms with Crippen LogP contribution >= 0.6 is 0 Å². The SMILES string of the molecule is Cc1ccc(CNC(=O)CN2CC(C)OC(CO)C2)cc1. The van der Waals surface area contributed by atoms with E-state index in [1.165, 1.54) is 5.56 Å². The second-order valence-electron chi connectivity index (χ2n) is 5.71. The Labute approximate surface area is 125 Å². The van der Waals surface area contributed by atoms with E-state index in [1.807, 2.05) is 43.0 Å². The van der Waals surface area contributed by atoms with Gasteiger partial charge in [0.05, 0.1) is 25.4 Å². The van der Waals surface area contributed by atoms with Gasteiger partial charge in [-0.05, 0) is 19.4 Å². The maximum absolute atomic E-state index is 12.0. The molecule has 2 atom stereocenters. The van der Waals surface area contributed by atoms with Crippen molar-refractivity contribution in [2.45, 2.75) is 32.6 Å². The second kappa shape index (κ2) is 7.54. The molecule has 5 heteroatoms. The normalized spacial score (nSPS) is 23.0.